The van der Waals surface area contributed by atoms with Crippen molar-refractivity contribution < 1.29 is 0 Å². The lowest BCUT2D eigenvalue weighted by Crippen LogP contribution is -2.06. The molecule has 24 aromatic rings. The summed E-state index contributed by atoms with van der Waals surface area (Å²) >= 11 is 14.5. The van der Waals surface area contributed by atoms with E-state index in [2.05, 4.69) is 319 Å². The van der Waals surface area contributed by atoms with E-state index in [0.29, 0.717) is 29.4 Å². The van der Waals surface area contributed by atoms with E-state index in [0.717, 1.165) is 157 Å². The summed E-state index contributed by atoms with van der Waals surface area (Å²) in [4.78, 5) is 44.5. The van der Waals surface area contributed by atoms with Crippen LogP contribution in [0, 0.1) is 0 Å². The molecule has 0 atom stereocenters. The van der Waals surface area contributed by atoms with Crippen molar-refractivity contribution >= 4 is 151 Å². The average Bonchev–Trinajstić information content (AvgIpc) is 1.57. The van der Waals surface area contributed by atoms with Gasteiger partial charge in [0.2, 0.25) is 11.9 Å². The molecular formula is C111H71Br4N13. The second-order valence-corrected chi connectivity index (χ2v) is 34.2. The molecule has 0 unspecified atom stereocenters. The maximum Gasteiger partial charge on any atom is 0.238 e. The van der Waals surface area contributed by atoms with Crippen LogP contribution in [-0.2, 0) is 0 Å². The molecule has 0 aliphatic carbocycles. The molecule has 0 fully saturated rings. The van der Waals surface area contributed by atoms with Gasteiger partial charge in [0.25, 0.3) is 0 Å². The Morgan fingerprint density at radius 1 is 0.180 bits per heavy atom. The Morgan fingerprint density at radius 3 is 0.828 bits per heavy atom. The summed E-state index contributed by atoms with van der Waals surface area (Å²) in [5, 5.41) is 9.45. The van der Waals surface area contributed by atoms with Crippen molar-refractivity contribution in [3.63, 3.8) is 0 Å². The summed E-state index contributed by atoms with van der Waals surface area (Å²) in [6.45, 7) is 0. The van der Waals surface area contributed by atoms with Crippen LogP contribution in [-0.4, -0.2) is 63.1 Å². The molecule has 0 amide bonds. The van der Waals surface area contributed by atoms with Gasteiger partial charge in [-0.15, -0.1) is 0 Å². The zero-order valence-electron chi connectivity index (χ0n) is 68.3. The van der Waals surface area contributed by atoms with E-state index >= 15 is 0 Å². The summed E-state index contributed by atoms with van der Waals surface area (Å²) in [5.41, 5.74) is 21.5. The number of benzene rings is 16. The van der Waals surface area contributed by atoms with Crippen LogP contribution < -0.4 is 0 Å². The number of rotatable bonds is 12. The molecule has 0 N–H and O–H groups in total. The minimum atomic E-state index is 0.603. The van der Waals surface area contributed by atoms with Crippen molar-refractivity contribution in [2.75, 3.05) is 0 Å². The van der Waals surface area contributed by atoms with Gasteiger partial charge in [0.1, 0.15) is 5.82 Å². The van der Waals surface area contributed by atoms with Crippen LogP contribution in [0.1, 0.15) is 0 Å². The number of fused-ring (bicyclic) bond motifs is 12. The van der Waals surface area contributed by atoms with Crippen LogP contribution in [0.5, 0.6) is 0 Å². The highest BCUT2D eigenvalue weighted by Gasteiger charge is 2.24. The van der Waals surface area contributed by atoms with Gasteiger partial charge in [-0.2, -0.15) is 9.97 Å². The first kappa shape index (κ1) is 80.0. The highest BCUT2D eigenvalue weighted by molar-refractivity contribution is 9.11. The smallest absolute Gasteiger partial charge is 0.238 e. The first-order valence-corrected chi connectivity index (χ1v) is 44.9. The normalized spacial score (nSPS) is 11.3. The fraction of sp³-hybridized carbons (Fsp3) is 0. The predicted octanol–water partition coefficient (Wildman–Crippen LogP) is 30.1. The Labute approximate surface area is 770 Å². The Kier molecular flexibility index (Phi) is 22.2. The van der Waals surface area contributed by atoms with Gasteiger partial charge in [-0.3, -0.25) is 13.7 Å². The molecule has 0 saturated carbocycles. The number of hydrogen-bond acceptors (Lipinski definition) is 9. The molecule has 0 bridgehead atoms. The molecule has 608 valence electrons. The maximum absolute atomic E-state index is 5.06. The molecule has 16 aromatic carbocycles. The zero-order valence-corrected chi connectivity index (χ0v) is 74.7. The lowest BCUT2D eigenvalue weighted by atomic mass is 10.1. The van der Waals surface area contributed by atoms with Crippen LogP contribution in [0.3, 0.4) is 0 Å². The molecule has 24 rings (SSSR count). The van der Waals surface area contributed by atoms with E-state index in [1.807, 2.05) is 194 Å². The van der Waals surface area contributed by atoms with Gasteiger partial charge in [0.15, 0.2) is 23.3 Å². The third-order valence-corrected chi connectivity index (χ3v) is 24.6. The summed E-state index contributed by atoms with van der Waals surface area (Å²) < 4.78 is 13.0. The summed E-state index contributed by atoms with van der Waals surface area (Å²) in [6, 6.07) is 145. The van der Waals surface area contributed by atoms with Crippen LogP contribution >= 0.6 is 63.7 Å². The number of hydrogen-bond donors (Lipinski definition) is 0. The number of para-hydroxylation sites is 4. The summed E-state index contributed by atoms with van der Waals surface area (Å²) in [7, 11) is 0. The first-order chi connectivity index (χ1) is 63.1. The zero-order chi connectivity index (χ0) is 86.0. The van der Waals surface area contributed by atoms with Crippen LogP contribution in [0.25, 0.3) is 201 Å². The Hall–Kier alpha value is -15.1. The highest BCUT2D eigenvalue weighted by Crippen LogP contribution is 2.42. The molecule has 0 aliphatic rings. The van der Waals surface area contributed by atoms with E-state index in [9.17, 15) is 0 Å². The second kappa shape index (κ2) is 35.5. The number of nitrogens with zero attached hydrogens (tertiary/aromatic N) is 13. The van der Waals surface area contributed by atoms with E-state index in [-0.39, 0.29) is 0 Å². The molecule has 0 spiro atoms. The van der Waals surface area contributed by atoms with Gasteiger partial charge >= 0.3 is 0 Å². The molecule has 17 heteroatoms. The minimum Gasteiger partial charge on any atom is -0.306 e. The average molecular weight is 1910 g/mol. The summed E-state index contributed by atoms with van der Waals surface area (Å²) in [5.74, 6) is 4.85. The Morgan fingerprint density at radius 2 is 0.453 bits per heavy atom. The third-order valence-electron chi connectivity index (χ3n) is 22.6. The number of halogens is 4. The molecule has 0 radical (unpaired) electrons. The van der Waals surface area contributed by atoms with Gasteiger partial charge in [0.05, 0.1) is 78.8 Å². The monoisotopic (exact) mass is 1900 g/mol. The van der Waals surface area contributed by atoms with Crippen molar-refractivity contribution in [2.24, 2.45) is 0 Å². The molecule has 8 heterocycles. The van der Waals surface area contributed by atoms with Crippen molar-refractivity contribution in [1.82, 2.24) is 63.1 Å². The lowest BCUT2D eigenvalue weighted by Gasteiger charge is -2.14. The Bertz CT molecular complexity index is 7480. The van der Waals surface area contributed by atoms with Gasteiger partial charge in [0, 0.05) is 112 Å². The van der Waals surface area contributed by atoms with E-state index < -0.39 is 0 Å². The van der Waals surface area contributed by atoms with Crippen molar-refractivity contribution in [3.8, 4) is 114 Å². The van der Waals surface area contributed by atoms with Crippen LogP contribution in [0.15, 0.2) is 449 Å². The Balaban J connectivity index is 0.000000104. The molecule has 8 aromatic heterocycles. The van der Waals surface area contributed by atoms with Gasteiger partial charge in [-0.05, 0) is 103 Å². The highest BCUT2D eigenvalue weighted by atomic mass is 79.9. The minimum absolute atomic E-state index is 0.603. The molecule has 13 nitrogen and oxygen atoms in total. The molecular weight excluding hydrogens is 1830 g/mol. The topological polar surface area (TPSA) is 136 Å². The summed E-state index contributed by atoms with van der Waals surface area (Å²) in [6.07, 6.45) is 1.95. The first-order valence-electron chi connectivity index (χ1n) is 41.7. The third kappa shape index (κ3) is 15.9. The largest absolute Gasteiger partial charge is 0.306 e. The molecule has 0 aliphatic heterocycles. The standard InChI is InChI=1S/3C28H18BrN3.C27H17BrN4/c29-21-15-16-27-23(17-21)22-13-7-8-14-26(22)32(27)28-30-24(19-9-3-1-4-10-19)18-25(31-28)20-11-5-2-6-12-20;29-21-15-16-26-23(17-21)22-13-7-8-14-25(22)32(26)27-18-24(19-9-3-1-4-10-19)30-28(31-27)20-11-5-2-6-12-20;29-21-15-16-25-23(17-21)22-13-7-8-14-24(22)32(25)26-18-30-28(20-11-5-2-6-12-20)31-27(26)19-9-3-1-4-10-19;28-20-15-16-24-22(17-20)21-13-7-8-14-23(21)32(24)27-30-25(18-9-3-1-4-10-18)29-26(31-27)19-11-5-2-6-12-19/h3*1-18H;1-17H. The van der Waals surface area contributed by atoms with E-state index in [1.165, 1.54) is 32.3 Å². The maximum atomic E-state index is 5.06. The van der Waals surface area contributed by atoms with Gasteiger partial charge in [-0.1, -0.05) is 379 Å². The quantitative estimate of drug-likeness (QED) is 0.117. The van der Waals surface area contributed by atoms with Crippen LogP contribution in [0.2, 0.25) is 0 Å². The van der Waals surface area contributed by atoms with Gasteiger partial charge < -0.3 is 4.57 Å². The van der Waals surface area contributed by atoms with Gasteiger partial charge in [-0.25, -0.2) is 34.9 Å². The number of aromatic nitrogens is 13. The van der Waals surface area contributed by atoms with Crippen molar-refractivity contribution in [3.05, 3.63) is 449 Å². The fourth-order valence-electron chi connectivity index (χ4n) is 16.8. The lowest BCUT2D eigenvalue weighted by molar-refractivity contribution is 0.953. The second-order valence-electron chi connectivity index (χ2n) is 30.6. The van der Waals surface area contributed by atoms with Crippen molar-refractivity contribution in [2.45, 2.75) is 0 Å². The fourth-order valence-corrected chi connectivity index (χ4v) is 18.2. The SMILES string of the molecule is Brc1ccc2c(c1)c1ccccc1n2-c1cc(-c2ccccc2)nc(-c2ccccc2)n1.Brc1ccc2c(c1)c1ccccc1n2-c1cnc(-c2ccccc2)nc1-c1ccccc1.Brc1ccc2c(c1)c1ccccc1n2-c1nc(-c2ccccc2)cc(-c2ccccc2)n1.Brc1ccc2c(c1)c1ccccc1n2-c1nc(-c2ccccc2)nc(-c2ccccc2)n1. The van der Waals surface area contributed by atoms with Crippen LogP contribution in [0.4, 0.5) is 0 Å². The molecule has 128 heavy (non-hydrogen) atoms. The van der Waals surface area contributed by atoms with Crippen molar-refractivity contribution in [1.29, 1.82) is 0 Å². The molecule has 0 saturated heterocycles. The van der Waals surface area contributed by atoms with E-state index in [4.69, 9.17) is 44.9 Å². The predicted molar refractivity (Wildman–Crippen MR) is 538 cm³/mol. The van der Waals surface area contributed by atoms with E-state index in [1.54, 1.807) is 0 Å².